The second-order valence-corrected chi connectivity index (χ2v) is 5.01. The maximum absolute atomic E-state index is 12.0. The number of carbonyl (C=O) groups is 1. The van der Waals surface area contributed by atoms with Gasteiger partial charge in [-0.2, -0.15) is 5.10 Å². The van der Waals surface area contributed by atoms with Gasteiger partial charge in [0.15, 0.2) is 5.71 Å². The van der Waals surface area contributed by atoms with Gasteiger partial charge < -0.3 is 10.7 Å². The first-order chi connectivity index (χ1) is 8.99. The monoisotopic (exact) mass is 259 g/mol. The summed E-state index contributed by atoms with van der Waals surface area (Å²) in [6.45, 7) is 11.7. The molecular weight excluding hydrogens is 238 g/mol. The lowest BCUT2D eigenvalue weighted by molar-refractivity contribution is -0.115. The van der Waals surface area contributed by atoms with Crippen LogP contribution < -0.4 is 10.7 Å². The van der Waals surface area contributed by atoms with Crippen molar-refractivity contribution in [1.29, 1.82) is 0 Å². The topological polar surface area (TPSA) is 53.5 Å². The summed E-state index contributed by atoms with van der Waals surface area (Å²) >= 11 is 0. The number of hydrazone groups is 1. The Morgan fingerprint density at radius 1 is 1.11 bits per heavy atom. The maximum Gasteiger partial charge on any atom is 0.272 e. The minimum Gasteiger partial charge on any atom is -0.347 e. The van der Waals surface area contributed by atoms with Gasteiger partial charge in [-0.15, -0.1) is 0 Å². The molecule has 1 aliphatic heterocycles. The van der Waals surface area contributed by atoms with Crippen LogP contribution in [0.2, 0.25) is 0 Å². The van der Waals surface area contributed by atoms with Crippen LogP contribution >= 0.6 is 0 Å². The summed E-state index contributed by atoms with van der Waals surface area (Å²) < 4.78 is 0. The molecule has 102 valence electrons. The fraction of sp³-hybridized carbons (Fsp3) is 0.467. The molecule has 2 N–H and O–H groups in total. The van der Waals surface area contributed by atoms with Crippen LogP contribution in [-0.4, -0.2) is 18.2 Å². The van der Waals surface area contributed by atoms with Crippen molar-refractivity contribution in [3.8, 4) is 0 Å². The zero-order valence-corrected chi connectivity index (χ0v) is 12.3. The number of amides is 1. The minimum atomic E-state index is -0.0980. The van der Waals surface area contributed by atoms with Crippen molar-refractivity contribution >= 4 is 11.6 Å². The van der Waals surface area contributed by atoms with Crippen molar-refractivity contribution in [1.82, 2.24) is 10.7 Å². The second-order valence-electron chi connectivity index (χ2n) is 5.01. The van der Waals surface area contributed by atoms with Crippen LogP contribution in [0.5, 0.6) is 0 Å². The lowest BCUT2D eigenvalue weighted by atomic mass is 9.85. The van der Waals surface area contributed by atoms with Gasteiger partial charge in [0.05, 0.1) is 0 Å². The molecule has 0 aromatic heterocycles. The van der Waals surface area contributed by atoms with Crippen LogP contribution in [0.15, 0.2) is 5.10 Å². The number of hydrogen-bond donors (Lipinski definition) is 2. The number of fused-ring (bicyclic) bond motifs is 1. The van der Waals surface area contributed by atoms with E-state index in [9.17, 15) is 4.79 Å². The van der Waals surface area contributed by atoms with Crippen LogP contribution in [0, 0.1) is 27.7 Å². The van der Waals surface area contributed by atoms with Crippen LogP contribution in [0.3, 0.4) is 0 Å². The molecule has 0 saturated carbocycles. The Labute approximate surface area is 114 Å². The molecule has 2 rings (SSSR count). The lowest BCUT2D eigenvalue weighted by Gasteiger charge is -2.25. The fourth-order valence-electron chi connectivity index (χ4n) is 2.56. The molecule has 1 amide bonds. The van der Waals surface area contributed by atoms with Crippen LogP contribution in [0.25, 0.3) is 0 Å². The molecule has 0 radical (unpaired) electrons. The highest BCUT2D eigenvalue weighted by Crippen LogP contribution is 2.29. The Bertz CT molecular complexity index is 573. The van der Waals surface area contributed by atoms with Gasteiger partial charge in [-0.1, -0.05) is 0 Å². The molecule has 0 saturated heterocycles. The van der Waals surface area contributed by atoms with Gasteiger partial charge in [-0.05, 0) is 62.4 Å². The van der Waals surface area contributed by atoms with Gasteiger partial charge in [0.25, 0.3) is 5.91 Å². The lowest BCUT2D eigenvalue weighted by Crippen LogP contribution is -2.39. The van der Waals surface area contributed by atoms with Crippen molar-refractivity contribution in [2.75, 3.05) is 6.54 Å². The Morgan fingerprint density at radius 2 is 1.74 bits per heavy atom. The second kappa shape index (κ2) is 5.03. The minimum absolute atomic E-state index is 0.0980. The molecule has 1 aliphatic rings. The molecule has 0 aliphatic carbocycles. The number of rotatable bonds is 2. The van der Waals surface area contributed by atoms with Crippen molar-refractivity contribution in [2.45, 2.75) is 41.2 Å². The summed E-state index contributed by atoms with van der Waals surface area (Å²) in [7, 11) is 0. The van der Waals surface area contributed by atoms with E-state index < -0.39 is 0 Å². The van der Waals surface area contributed by atoms with Crippen LogP contribution in [-0.2, 0) is 11.3 Å². The number of hydrogen-bond acceptors (Lipinski definition) is 3. The Morgan fingerprint density at radius 3 is 2.37 bits per heavy atom. The highest BCUT2D eigenvalue weighted by Gasteiger charge is 2.27. The number of benzene rings is 1. The van der Waals surface area contributed by atoms with E-state index in [2.05, 4.69) is 43.5 Å². The summed E-state index contributed by atoms with van der Waals surface area (Å²) in [4.78, 5) is 12.0. The van der Waals surface area contributed by atoms with Gasteiger partial charge in [0.2, 0.25) is 0 Å². The molecule has 1 heterocycles. The first-order valence-corrected chi connectivity index (χ1v) is 6.67. The largest absolute Gasteiger partial charge is 0.347 e. The highest BCUT2D eigenvalue weighted by atomic mass is 16.2. The Balaban J connectivity index is 2.72. The van der Waals surface area contributed by atoms with Gasteiger partial charge in [-0.25, -0.2) is 0 Å². The van der Waals surface area contributed by atoms with Crippen molar-refractivity contribution in [2.24, 2.45) is 5.10 Å². The zero-order valence-electron chi connectivity index (χ0n) is 12.3. The van der Waals surface area contributed by atoms with Crippen molar-refractivity contribution in [3.63, 3.8) is 0 Å². The molecule has 0 fully saturated rings. The summed E-state index contributed by atoms with van der Waals surface area (Å²) in [5.41, 5.74) is 10.6. The van der Waals surface area contributed by atoms with E-state index >= 15 is 0 Å². The molecule has 4 nitrogen and oxygen atoms in total. The third kappa shape index (κ3) is 2.11. The fourth-order valence-corrected chi connectivity index (χ4v) is 2.56. The van der Waals surface area contributed by atoms with E-state index in [1.165, 1.54) is 22.3 Å². The van der Waals surface area contributed by atoms with Crippen molar-refractivity contribution < 1.29 is 4.79 Å². The Hall–Kier alpha value is -1.84. The third-order valence-electron chi connectivity index (χ3n) is 4.04. The summed E-state index contributed by atoms with van der Waals surface area (Å²) in [5, 5.41) is 7.15. The predicted octanol–water partition coefficient (Wildman–Crippen LogP) is 1.86. The summed E-state index contributed by atoms with van der Waals surface area (Å²) in [5.74, 6) is -0.0980. The average molecular weight is 259 g/mol. The molecule has 0 atom stereocenters. The summed E-state index contributed by atoms with van der Waals surface area (Å²) in [6, 6.07) is 0. The van der Waals surface area contributed by atoms with E-state index in [1.807, 2.05) is 6.92 Å². The van der Waals surface area contributed by atoms with Gasteiger partial charge in [-0.3, -0.25) is 4.79 Å². The molecule has 4 heteroatoms. The number of nitrogens with zero attached hydrogens (tertiary/aromatic N) is 1. The maximum atomic E-state index is 12.0. The molecule has 1 aromatic carbocycles. The van der Waals surface area contributed by atoms with Gasteiger partial charge in [0, 0.05) is 18.7 Å². The quantitative estimate of drug-likeness (QED) is 0.797. The summed E-state index contributed by atoms with van der Waals surface area (Å²) in [6.07, 6.45) is 0. The first kappa shape index (κ1) is 13.6. The van der Waals surface area contributed by atoms with Crippen LogP contribution in [0.1, 0.15) is 40.3 Å². The number of nitrogens with one attached hydrogen (secondary N) is 2. The van der Waals surface area contributed by atoms with Gasteiger partial charge in [0.1, 0.15) is 0 Å². The SMILES string of the molecule is CCN/N=C1/C(=O)NCc2c(C)c(C)c(C)c(C)c21. The molecule has 19 heavy (non-hydrogen) atoms. The first-order valence-electron chi connectivity index (χ1n) is 6.67. The molecule has 0 unspecified atom stereocenters. The van der Waals surface area contributed by atoms with E-state index in [0.29, 0.717) is 18.8 Å². The molecular formula is C15H21N3O. The Kier molecular flexibility index (Phi) is 3.60. The van der Waals surface area contributed by atoms with E-state index in [4.69, 9.17) is 0 Å². The van der Waals surface area contributed by atoms with Crippen LogP contribution in [0.4, 0.5) is 0 Å². The average Bonchev–Trinajstić information content (AvgIpc) is 2.41. The zero-order chi connectivity index (χ0) is 14.2. The third-order valence-corrected chi connectivity index (χ3v) is 4.04. The van der Waals surface area contributed by atoms with E-state index in [1.54, 1.807) is 0 Å². The smallest absolute Gasteiger partial charge is 0.272 e. The molecule has 0 spiro atoms. The highest BCUT2D eigenvalue weighted by molar-refractivity contribution is 6.46. The predicted molar refractivity (Wildman–Crippen MR) is 77.5 cm³/mol. The van der Waals surface area contributed by atoms with E-state index in [-0.39, 0.29) is 5.91 Å². The van der Waals surface area contributed by atoms with E-state index in [0.717, 1.165) is 11.1 Å². The van der Waals surface area contributed by atoms with Gasteiger partial charge >= 0.3 is 0 Å². The number of carbonyl (C=O) groups excluding carboxylic acids is 1. The molecule has 0 bridgehead atoms. The molecule has 1 aromatic rings. The normalized spacial score (nSPS) is 16.3. The standard InChI is InChI=1S/C15H21N3O/c1-6-17-18-14-13-11(5)9(3)8(2)10(4)12(13)7-16-15(14)19/h17H,6-7H2,1-5H3,(H,16,19)/b18-14+. The van der Waals surface area contributed by atoms with Crippen molar-refractivity contribution in [3.05, 3.63) is 33.4 Å².